The van der Waals surface area contributed by atoms with Gasteiger partial charge in [-0.05, 0) is 13.3 Å². The lowest BCUT2D eigenvalue weighted by molar-refractivity contribution is -0.149. The first-order valence-corrected chi connectivity index (χ1v) is 8.64. The molecule has 2 aliphatic rings. The van der Waals surface area contributed by atoms with Crippen molar-refractivity contribution in [3.8, 4) is 0 Å². The van der Waals surface area contributed by atoms with Crippen LogP contribution in [0.1, 0.15) is 24.9 Å². The van der Waals surface area contributed by atoms with Gasteiger partial charge in [-0.25, -0.2) is 9.97 Å². The molecule has 134 valence electrons. The van der Waals surface area contributed by atoms with Gasteiger partial charge < -0.3 is 14.9 Å². The number of fused-ring (bicyclic) bond motifs is 1. The predicted octanol–water partition coefficient (Wildman–Crippen LogP) is 1.27. The molecule has 2 aliphatic heterocycles. The molecule has 1 N–H and O–H groups in total. The second-order valence-corrected chi connectivity index (χ2v) is 6.94. The van der Waals surface area contributed by atoms with E-state index in [4.69, 9.17) is 0 Å². The van der Waals surface area contributed by atoms with Crippen LogP contribution in [0.4, 0.5) is 5.82 Å². The molecule has 0 unspecified atom stereocenters. The quantitative estimate of drug-likeness (QED) is 0.782. The number of carboxylic acids is 1. The Morgan fingerprint density at radius 1 is 1.48 bits per heavy atom. The van der Waals surface area contributed by atoms with Gasteiger partial charge in [0.15, 0.2) is 0 Å². The summed E-state index contributed by atoms with van der Waals surface area (Å²) >= 11 is 0. The smallest absolute Gasteiger partial charge is 0.314 e. The van der Waals surface area contributed by atoms with Crippen LogP contribution in [0.2, 0.25) is 0 Å². The molecule has 0 radical (unpaired) electrons. The second kappa shape index (κ2) is 6.46. The molecule has 1 amide bonds. The summed E-state index contributed by atoms with van der Waals surface area (Å²) in [5.74, 6) is -0.0914. The Bertz CT molecular complexity index is 720. The molecule has 25 heavy (non-hydrogen) atoms. The summed E-state index contributed by atoms with van der Waals surface area (Å²) in [4.78, 5) is 37.2. The van der Waals surface area contributed by atoms with Gasteiger partial charge in [0.2, 0.25) is 5.91 Å². The van der Waals surface area contributed by atoms with Gasteiger partial charge in [0.05, 0.1) is 5.92 Å². The van der Waals surface area contributed by atoms with Crippen LogP contribution in [0, 0.1) is 18.3 Å². The zero-order valence-corrected chi connectivity index (χ0v) is 14.7. The number of carboxylic acid groups (broad SMARTS) is 1. The lowest BCUT2D eigenvalue weighted by atomic mass is 9.81. The van der Waals surface area contributed by atoms with Gasteiger partial charge >= 0.3 is 5.97 Å². The fraction of sp³-hybridized carbons (Fsp3) is 0.556. The van der Waals surface area contributed by atoms with E-state index in [0.29, 0.717) is 18.9 Å². The van der Waals surface area contributed by atoms with Crippen molar-refractivity contribution in [1.82, 2.24) is 14.9 Å². The van der Waals surface area contributed by atoms with Crippen LogP contribution < -0.4 is 4.90 Å². The van der Waals surface area contributed by atoms with E-state index >= 15 is 0 Å². The van der Waals surface area contributed by atoms with Gasteiger partial charge in [-0.3, -0.25) is 9.59 Å². The molecule has 1 aromatic heterocycles. The first-order chi connectivity index (χ1) is 11.9. The SMILES string of the molecule is C=CCN1C[C@]2(C(=O)O)CN(c3cc(C)nc(CCC)n3)C[C@@H]2C1=O. The monoisotopic (exact) mass is 344 g/mol. The Labute approximate surface area is 147 Å². The number of aliphatic carboxylic acids is 1. The number of anilines is 1. The minimum absolute atomic E-state index is 0.107. The first kappa shape index (κ1) is 17.4. The van der Waals surface area contributed by atoms with E-state index in [1.165, 1.54) is 0 Å². The van der Waals surface area contributed by atoms with Crippen molar-refractivity contribution in [2.45, 2.75) is 26.7 Å². The molecule has 0 bridgehead atoms. The largest absolute Gasteiger partial charge is 0.481 e. The van der Waals surface area contributed by atoms with Gasteiger partial charge in [-0.1, -0.05) is 13.0 Å². The van der Waals surface area contributed by atoms with E-state index in [1.807, 2.05) is 17.9 Å². The number of aromatic nitrogens is 2. The number of rotatable bonds is 6. The Morgan fingerprint density at radius 3 is 2.84 bits per heavy atom. The van der Waals surface area contributed by atoms with E-state index in [9.17, 15) is 14.7 Å². The number of likely N-dealkylation sites (tertiary alicyclic amines) is 1. The standard InChI is InChI=1S/C18H24N4O3/c1-4-6-14-19-12(3)8-15(20-14)22-9-13-16(23)21(7-5-2)10-18(13,11-22)17(24)25/h5,8,13H,2,4,6-7,9-11H2,1,3H3,(H,24,25)/t13-,18+/m1/s1. The van der Waals surface area contributed by atoms with Crippen molar-refractivity contribution >= 4 is 17.7 Å². The Morgan fingerprint density at radius 2 is 2.24 bits per heavy atom. The molecule has 7 nitrogen and oxygen atoms in total. The summed E-state index contributed by atoms with van der Waals surface area (Å²) in [7, 11) is 0. The van der Waals surface area contributed by atoms with Crippen molar-refractivity contribution in [2.75, 3.05) is 31.1 Å². The number of amides is 1. The predicted molar refractivity (Wildman–Crippen MR) is 93.3 cm³/mol. The van der Waals surface area contributed by atoms with E-state index < -0.39 is 17.3 Å². The second-order valence-electron chi connectivity index (χ2n) is 6.94. The number of aryl methyl sites for hydroxylation is 2. The van der Waals surface area contributed by atoms with Crippen LogP contribution in [-0.4, -0.2) is 58.0 Å². The lowest BCUT2D eigenvalue weighted by Gasteiger charge is -2.25. The molecule has 3 heterocycles. The summed E-state index contributed by atoms with van der Waals surface area (Å²) in [6.07, 6.45) is 3.36. The van der Waals surface area contributed by atoms with E-state index in [-0.39, 0.29) is 19.0 Å². The molecule has 0 saturated carbocycles. The van der Waals surface area contributed by atoms with Crippen LogP contribution >= 0.6 is 0 Å². The summed E-state index contributed by atoms with van der Waals surface area (Å²) in [6, 6.07) is 1.86. The molecular weight excluding hydrogens is 320 g/mol. The third kappa shape index (κ3) is 2.88. The average molecular weight is 344 g/mol. The number of hydrogen-bond acceptors (Lipinski definition) is 5. The first-order valence-electron chi connectivity index (χ1n) is 8.64. The van der Waals surface area contributed by atoms with Crippen LogP contribution in [0.5, 0.6) is 0 Å². The van der Waals surface area contributed by atoms with Crippen molar-refractivity contribution in [1.29, 1.82) is 0 Å². The van der Waals surface area contributed by atoms with Gasteiger partial charge in [0.25, 0.3) is 0 Å². The minimum Gasteiger partial charge on any atom is -0.481 e. The average Bonchev–Trinajstić information content (AvgIpc) is 3.05. The highest BCUT2D eigenvalue weighted by Gasteiger charge is 2.62. The van der Waals surface area contributed by atoms with Gasteiger partial charge in [0, 0.05) is 44.4 Å². The van der Waals surface area contributed by atoms with E-state index in [0.717, 1.165) is 24.4 Å². The number of carbonyl (C=O) groups is 2. The van der Waals surface area contributed by atoms with Crippen LogP contribution in [0.15, 0.2) is 18.7 Å². The molecular formula is C18H24N4O3. The van der Waals surface area contributed by atoms with E-state index in [2.05, 4.69) is 23.5 Å². The molecule has 0 aromatic carbocycles. The Hall–Kier alpha value is -2.44. The Balaban J connectivity index is 1.91. The number of nitrogens with zero attached hydrogens (tertiary/aromatic N) is 4. The van der Waals surface area contributed by atoms with Gasteiger partial charge in [-0.15, -0.1) is 6.58 Å². The highest BCUT2D eigenvalue weighted by molar-refractivity contribution is 5.93. The zero-order valence-electron chi connectivity index (χ0n) is 14.7. The maximum atomic E-state index is 12.7. The fourth-order valence-corrected chi connectivity index (χ4v) is 3.90. The van der Waals surface area contributed by atoms with Crippen LogP contribution in [0.3, 0.4) is 0 Å². The van der Waals surface area contributed by atoms with Gasteiger partial charge in [0.1, 0.15) is 17.1 Å². The lowest BCUT2D eigenvalue weighted by Crippen LogP contribution is -2.41. The third-order valence-electron chi connectivity index (χ3n) is 5.09. The Kier molecular flexibility index (Phi) is 4.49. The van der Waals surface area contributed by atoms with Crippen molar-refractivity contribution in [2.24, 2.45) is 11.3 Å². The summed E-state index contributed by atoms with van der Waals surface area (Å²) < 4.78 is 0. The normalized spacial score (nSPS) is 25.4. The van der Waals surface area contributed by atoms with E-state index in [1.54, 1.807) is 11.0 Å². The van der Waals surface area contributed by atoms with Crippen LogP contribution in [-0.2, 0) is 16.0 Å². The number of carbonyl (C=O) groups excluding carboxylic acids is 1. The molecule has 7 heteroatoms. The molecule has 0 aliphatic carbocycles. The third-order valence-corrected chi connectivity index (χ3v) is 5.09. The number of hydrogen-bond donors (Lipinski definition) is 1. The fourth-order valence-electron chi connectivity index (χ4n) is 3.90. The van der Waals surface area contributed by atoms with Crippen molar-refractivity contribution in [3.05, 3.63) is 30.2 Å². The topological polar surface area (TPSA) is 86.6 Å². The van der Waals surface area contributed by atoms with Crippen LogP contribution in [0.25, 0.3) is 0 Å². The minimum atomic E-state index is -1.08. The molecule has 0 spiro atoms. The highest BCUT2D eigenvalue weighted by atomic mass is 16.4. The summed E-state index contributed by atoms with van der Waals surface area (Å²) in [5.41, 5.74) is -0.223. The van der Waals surface area contributed by atoms with Crippen molar-refractivity contribution < 1.29 is 14.7 Å². The molecule has 2 saturated heterocycles. The molecule has 1 aromatic rings. The molecule has 2 atom stereocenters. The van der Waals surface area contributed by atoms with Crippen molar-refractivity contribution in [3.63, 3.8) is 0 Å². The maximum Gasteiger partial charge on any atom is 0.314 e. The molecule has 3 rings (SSSR count). The maximum absolute atomic E-state index is 12.7. The summed E-state index contributed by atoms with van der Waals surface area (Å²) in [6.45, 7) is 8.90. The summed E-state index contributed by atoms with van der Waals surface area (Å²) in [5, 5.41) is 9.87. The zero-order chi connectivity index (χ0) is 18.2. The highest BCUT2D eigenvalue weighted by Crippen LogP contribution is 2.44. The molecule has 2 fully saturated rings. The van der Waals surface area contributed by atoms with Gasteiger partial charge in [-0.2, -0.15) is 0 Å².